The molecule has 9 nitrogen and oxygen atoms in total. The van der Waals surface area contributed by atoms with Crippen molar-refractivity contribution >= 4 is 33.6 Å². The van der Waals surface area contributed by atoms with Gasteiger partial charge >= 0.3 is 0 Å². The number of hydrogen-bond acceptors (Lipinski definition) is 7. The van der Waals surface area contributed by atoms with Crippen LogP contribution in [0.15, 0.2) is 47.1 Å². The van der Waals surface area contributed by atoms with Crippen molar-refractivity contribution in [2.24, 2.45) is 0 Å². The van der Waals surface area contributed by atoms with E-state index >= 15 is 0 Å². The molecule has 0 bridgehead atoms. The van der Waals surface area contributed by atoms with Gasteiger partial charge in [-0.2, -0.15) is 0 Å². The first kappa shape index (κ1) is 25.6. The summed E-state index contributed by atoms with van der Waals surface area (Å²) in [6.07, 6.45) is 1.26. The van der Waals surface area contributed by atoms with Gasteiger partial charge in [0.05, 0.1) is 37.6 Å². The van der Waals surface area contributed by atoms with Crippen LogP contribution in [0.5, 0.6) is 0 Å². The molecule has 36 heavy (non-hydrogen) atoms. The summed E-state index contributed by atoms with van der Waals surface area (Å²) in [6, 6.07) is 6.69. The summed E-state index contributed by atoms with van der Waals surface area (Å²) in [5, 5.41) is 12.2. The number of hydrogen-bond donors (Lipinski definition) is 3. The van der Waals surface area contributed by atoms with Crippen LogP contribution in [0.1, 0.15) is 32.5 Å². The molecule has 188 valence electrons. The predicted molar refractivity (Wildman–Crippen MR) is 130 cm³/mol. The lowest BCUT2D eigenvalue weighted by Gasteiger charge is -2.26. The van der Waals surface area contributed by atoms with Crippen LogP contribution in [0.4, 0.5) is 14.6 Å². The zero-order valence-corrected chi connectivity index (χ0v) is 20.5. The average molecular weight is 562 g/mol. The molecule has 0 aliphatic carbocycles. The first-order valence-electron chi connectivity index (χ1n) is 10.9. The number of ether oxygens (including phenoxy) is 1. The number of nitrogens with zero attached hydrogens (tertiary/aromatic N) is 3. The van der Waals surface area contributed by atoms with Crippen LogP contribution in [-0.4, -0.2) is 64.7 Å². The Kier molecular flexibility index (Phi) is 7.87. The van der Waals surface area contributed by atoms with Gasteiger partial charge in [0, 0.05) is 23.1 Å². The molecular formula is C24H22BrF2N5O4. The molecule has 4 N–H and O–H groups in total. The monoisotopic (exact) mass is 561 g/mol. The van der Waals surface area contributed by atoms with Gasteiger partial charge in [-0.1, -0.05) is 22.0 Å². The topological polar surface area (TPSA) is 131 Å². The van der Waals surface area contributed by atoms with Gasteiger partial charge in [-0.05, 0) is 35.9 Å². The second-order valence-electron chi connectivity index (χ2n) is 8.00. The summed E-state index contributed by atoms with van der Waals surface area (Å²) in [4.78, 5) is 35.4. The van der Waals surface area contributed by atoms with E-state index in [9.17, 15) is 23.5 Å². The van der Waals surface area contributed by atoms with E-state index in [-0.39, 0.29) is 34.2 Å². The minimum absolute atomic E-state index is 0.0119. The van der Waals surface area contributed by atoms with E-state index in [1.807, 2.05) is 0 Å². The highest BCUT2D eigenvalue weighted by molar-refractivity contribution is 9.10. The van der Waals surface area contributed by atoms with Crippen molar-refractivity contribution in [1.29, 1.82) is 0 Å². The summed E-state index contributed by atoms with van der Waals surface area (Å²) >= 11 is 3.16. The van der Waals surface area contributed by atoms with Crippen molar-refractivity contribution < 1.29 is 28.2 Å². The SMILES string of the molecule is Nc1ncc(C(=O)N2CCOCC2)nc1-c1ccc(C(=O)NC(CO)c2cc(F)cc(Br)c2)c(F)c1. The fourth-order valence-electron chi connectivity index (χ4n) is 3.74. The Morgan fingerprint density at radius 2 is 1.94 bits per heavy atom. The summed E-state index contributed by atoms with van der Waals surface area (Å²) in [7, 11) is 0. The fraction of sp³-hybridized carbons (Fsp3) is 0.250. The molecule has 4 rings (SSSR count). The van der Waals surface area contributed by atoms with Gasteiger partial charge < -0.3 is 25.8 Å². The number of halogens is 3. The Hall–Kier alpha value is -3.48. The summed E-state index contributed by atoms with van der Waals surface area (Å²) < 4.78 is 34.4. The van der Waals surface area contributed by atoms with Crippen molar-refractivity contribution in [1.82, 2.24) is 20.2 Å². The van der Waals surface area contributed by atoms with E-state index in [0.717, 1.165) is 12.1 Å². The summed E-state index contributed by atoms with van der Waals surface area (Å²) in [5.41, 5.74) is 6.30. The van der Waals surface area contributed by atoms with Gasteiger partial charge in [0.25, 0.3) is 11.8 Å². The molecule has 0 spiro atoms. The Balaban J connectivity index is 1.56. The minimum Gasteiger partial charge on any atom is -0.394 e. The maximum atomic E-state index is 15.0. The van der Waals surface area contributed by atoms with Gasteiger partial charge in [-0.3, -0.25) is 9.59 Å². The van der Waals surface area contributed by atoms with Gasteiger partial charge in [0.1, 0.15) is 28.8 Å². The molecule has 0 saturated carbocycles. The number of carbonyl (C=O) groups is 2. The van der Waals surface area contributed by atoms with Gasteiger partial charge in [-0.15, -0.1) is 0 Å². The minimum atomic E-state index is -0.965. The lowest BCUT2D eigenvalue weighted by Crippen LogP contribution is -2.41. The van der Waals surface area contributed by atoms with Crippen molar-refractivity contribution in [2.45, 2.75) is 6.04 Å². The molecule has 1 fully saturated rings. The smallest absolute Gasteiger partial charge is 0.274 e. The Morgan fingerprint density at radius 3 is 2.61 bits per heavy atom. The first-order chi connectivity index (χ1) is 17.3. The van der Waals surface area contributed by atoms with Crippen molar-refractivity contribution in [3.8, 4) is 11.3 Å². The number of carbonyl (C=O) groups excluding carboxylic acids is 2. The molecule has 1 aliphatic heterocycles. The standard InChI is InChI=1S/C24H22BrF2N5O4/c25-15-7-14(8-16(26)10-15)20(12-33)31-23(34)17-2-1-13(9-18(17)27)21-22(28)29-11-19(30-21)24(35)32-3-5-36-6-4-32/h1-2,7-11,20,33H,3-6,12H2,(H2,28,29)(H,31,34). The number of nitrogens with two attached hydrogens (primary N) is 1. The van der Waals surface area contributed by atoms with Crippen LogP contribution in [0, 0.1) is 11.6 Å². The Bertz CT molecular complexity index is 1280. The molecule has 1 aliphatic rings. The van der Waals surface area contributed by atoms with Gasteiger partial charge in [-0.25, -0.2) is 18.7 Å². The highest BCUT2D eigenvalue weighted by Crippen LogP contribution is 2.26. The zero-order chi connectivity index (χ0) is 25.8. The number of amides is 2. The molecule has 2 amide bonds. The van der Waals surface area contributed by atoms with E-state index in [0.29, 0.717) is 36.3 Å². The maximum absolute atomic E-state index is 15.0. The predicted octanol–water partition coefficient (Wildman–Crippen LogP) is 2.70. The third-order valence-electron chi connectivity index (χ3n) is 5.58. The third-order valence-corrected chi connectivity index (χ3v) is 6.04. The number of anilines is 1. The van der Waals surface area contributed by atoms with Crippen LogP contribution in [0.2, 0.25) is 0 Å². The van der Waals surface area contributed by atoms with Crippen LogP contribution in [-0.2, 0) is 4.74 Å². The molecule has 2 heterocycles. The molecule has 1 aromatic heterocycles. The number of aliphatic hydroxyl groups is 1. The molecule has 12 heteroatoms. The number of rotatable bonds is 6. The zero-order valence-electron chi connectivity index (χ0n) is 18.9. The second-order valence-corrected chi connectivity index (χ2v) is 8.92. The maximum Gasteiger partial charge on any atom is 0.274 e. The summed E-state index contributed by atoms with van der Waals surface area (Å²) in [5.74, 6) is -2.61. The molecule has 1 saturated heterocycles. The van der Waals surface area contributed by atoms with E-state index in [1.165, 1.54) is 30.5 Å². The molecule has 0 radical (unpaired) electrons. The molecule has 3 aromatic rings. The van der Waals surface area contributed by atoms with Crippen molar-refractivity contribution in [2.75, 3.05) is 38.6 Å². The number of nitrogens with one attached hydrogen (secondary N) is 1. The van der Waals surface area contributed by atoms with Gasteiger partial charge in [0.2, 0.25) is 0 Å². The molecule has 2 aromatic carbocycles. The number of aromatic nitrogens is 2. The largest absolute Gasteiger partial charge is 0.394 e. The number of benzene rings is 2. The Morgan fingerprint density at radius 1 is 1.19 bits per heavy atom. The highest BCUT2D eigenvalue weighted by Gasteiger charge is 2.23. The van der Waals surface area contributed by atoms with E-state index in [1.54, 1.807) is 4.90 Å². The molecule has 1 unspecified atom stereocenters. The number of aliphatic hydroxyl groups excluding tert-OH is 1. The normalized spacial score (nSPS) is 14.4. The van der Waals surface area contributed by atoms with Crippen LogP contribution in [0.3, 0.4) is 0 Å². The molecule has 1 atom stereocenters. The van der Waals surface area contributed by atoms with Crippen LogP contribution >= 0.6 is 15.9 Å². The first-order valence-corrected chi connectivity index (χ1v) is 11.7. The van der Waals surface area contributed by atoms with E-state index < -0.39 is 30.2 Å². The Labute approximate surface area is 213 Å². The van der Waals surface area contributed by atoms with Crippen molar-refractivity contribution in [3.63, 3.8) is 0 Å². The van der Waals surface area contributed by atoms with Gasteiger partial charge in [0.15, 0.2) is 0 Å². The number of nitrogen functional groups attached to an aromatic ring is 1. The second kappa shape index (κ2) is 11.1. The number of morpholine rings is 1. The third kappa shape index (κ3) is 5.66. The van der Waals surface area contributed by atoms with E-state index in [2.05, 4.69) is 31.2 Å². The van der Waals surface area contributed by atoms with E-state index in [4.69, 9.17) is 10.5 Å². The van der Waals surface area contributed by atoms with Crippen molar-refractivity contribution in [3.05, 3.63) is 75.5 Å². The highest BCUT2D eigenvalue weighted by atomic mass is 79.9. The van der Waals surface area contributed by atoms with Crippen LogP contribution < -0.4 is 11.1 Å². The fourth-order valence-corrected chi connectivity index (χ4v) is 4.22. The lowest BCUT2D eigenvalue weighted by atomic mass is 10.0. The quantitative estimate of drug-likeness (QED) is 0.421. The summed E-state index contributed by atoms with van der Waals surface area (Å²) in [6.45, 7) is 1.14. The lowest BCUT2D eigenvalue weighted by molar-refractivity contribution is 0.0299. The molecular weight excluding hydrogens is 540 g/mol. The average Bonchev–Trinajstić information content (AvgIpc) is 2.86. The van der Waals surface area contributed by atoms with Crippen LogP contribution in [0.25, 0.3) is 11.3 Å².